The third kappa shape index (κ3) is 5.55. The maximum atomic E-state index is 13.8. The molecule has 8 nitrogen and oxygen atoms in total. The summed E-state index contributed by atoms with van der Waals surface area (Å²) in [6.45, 7) is 5.77. The minimum absolute atomic E-state index is 0.157. The Bertz CT molecular complexity index is 1610. The smallest absolute Gasteiger partial charge is 0.335 e. The number of nitrogens with one attached hydrogen (secondary N) is 2. The fraction of sp³-hybridized carbons (Fsp3) is 0.172. The van der Waals surface area contributed by atoms with Crippen molar-refractivity contribution in [3.63, 3.8) is 0 Å². The van der Waals surface area contributed by atoms with Crippen molar-refractivity contribution in [1.29, 1.82) is 0 Å². The van der Waals surface area contributed by atoms with Crippen LogP contribution >= 0.6 is 23.4 Å². The van der Waals surface area contributed by atoms with Crippen LogP contribution < -0.4 is 10.6 Å². The number of aryl methyl sites for hydroxylation is 2. The lowest BCUT2D eigenvalue weighted by Crippen LogP contribution is -2.31. The summed E-state index contributed by atoms with van der Waals surface area (Å²) in [6.07, 6.45) is 0. The second-order valence-electron chi connectivity index (χ2n) is 9.31. The number of aromatic carboxylic acids is 1. The van der Waals surface area contributed by atoms with Crippen molar-refractivity contribution >= 4 is 46.9 Å². The number of anilines is 2. The molecule has 0 fully saturated rings. The number of carbonyl (C=O) groups is 2. The van der Waals surface area contributed by atoms with Gasteiger partial charge >= 0.3 is 5.97 Å². The SMILES string of the molecule is CC1=C(C(=O)Nc2ccc(C)cc2C)C(c2ccc(C(=O)O)cc2)n2nc(SCc3ccccc3Cl)nc2N1. The Morgan fingerprint density at radius 1 is 1.08 bits per heavy atom. The number of rotatable bonds is 7. The zero-order valence-electron chi connectivity index (χ0n) is 21.5. The third-order valence-electron chi connectivity index (χ3n) is 6.50. The van der Waals surface area contributed by atoms with E-state index in [1.807, 2.05) is 63.2 Å². The molecule has 1 unspecified atom stereocenters. The summed E-state index contributed by atoms with van der Waals surface area (Å²) in [4.78, 5) is 29.9. The number of halogens is 1. The fourth-order valence-corrected chi connectivity index (χ4v) is 5.62. The van der Waals surface area contributed by atoms with Crippen LogP contribution in [0, 0.1) is 13.8 Å². The van der Waals surface area contributed by atoms with Crippen molar-refractivity contribution in [2.45, 2.75) is 37.7 Å². The van der Waals surface area contributed by atoms with Gasteiger partial charge in [-0.05, 0) is 61.7 Å². The molecule has 198 valence electrons. The second kappa shape index (κ2) is 11.0. The molecule has 0 radical (unpaired) electrons. The molecule has 1 aliphatic heterocycles. The molecule has 39 heavy (non-hydrogen) atoms. The molecule has 5 rings (SSSR count). The fourth-order valence-electron chi connectivity index (χ4n) is 4.50. The topological polar surface area (TPSA) is 109 Å². The lowest BCUT2D eigenvalue weighted by atomic mass is 9.94. The lowest BCUT2D eigenvalue weighted by Gasteiger charge is -2.29. The third-order valence-corrected chi connectivity index (χ3v) is 7.75. The van der Waals surface area contributed by atoms with Crippen LogP contribution in [0.3, 0.4) is 0 Å². The zero-order chi connectivity index (χ0) is 27.7. The highest BCUT2D eigenvalue weighted by atomic mass is 35.5. The van der Waals surface area contributed by atoms with Gasteiger partial charge < -0.3 is 15.7 Å². The summed E-state index contributed by atoms with van der Waals surface area (Å²) in [5.41, 5.74) is 5.69. The van der Waals surface area contributed by atoms with Gasteiger partial charge in [-0.25, -0.2) is 9.48 Å². The van der Waals surface area contributed by atoms with Crippen LogP contribution in [-0.4, -0.2) is 31.7 Å². The van der Waals surface area contributed by atoms with Gasteiger partial charge in [0.1, 0.15) is 6.04 Å². The highest BCUT2D eigenvalue weighted by Gasteiger charge is 2.34. The first-order valence-electron chi connectivity index (χ1n) is 12.2. The molecule has 4 aromatic rings. The van der Waals surface area contributed by atoms with Gasteiger partial charge in [-0.15, -0.1) is 5.10 Å². The van der Waals surface area contributed by atoms with Crippen LogP contribution in [0.2, 0.25) is 5.02 Å². The van der Waals surface area contributed by atoms with Crippen molar-refractivity contribution in [2.75, 3.05) is 10.6 Å². The Kier molecular flexibility index (Phi) is 7.45. The average molecular weight is 560 g/mol. The molecular weight excluding hydrogens is 534 g/mol. The van der Waals surface area contributed by atoms with Crippen LogP contribution in [-0.2, 0) is 10.5 Å². The van der Waals surface area contributed by atoms with E-state index in [4.69, 9.17) is 16.7 Å². The number of hydrogen-bond acceptors (Lipinski definition) is 6. The Morgan fingerprint density at radius 2 is 1.82 bits per heavy atom. The summed E-state index contributed by atoms with van der Waals surface area (Å²) in [7, 11) is 0. The number of nitrogens with zero attached hydrogens (tertiary/aromatic N) is 3. The lowest BCUT2D eigenvalue weighted by molar-refractivity contribution is -0.113. The van der Waals surface area contributed by atoms with Crippen LogP contribution in [0.15, 0.2) is 83.2 Å². The van der Waals surface area contributed by atoms with Crippen LogP contribution in [0.1, 0.15) is 45.6 Å². The molecule has 3 N–H and O–H groups in total. The summed E-state index contributed by atoms with van der Waals surface area (Å²) in [5, 5.41) is 21.6. The number of fused-ring (bicyclic) bond motifs is 1. The maximum Gasteiger partial charge on any atom is 0.335 e. The van der Waals surface area contributed by atoms with Crippen molar-refractivity contribution in [3.05, 3.63) is 111 Å². The minimum atomic E-state index is -1.02. The van der Waals surface area contributed by atoms with E-state index < -0.39 is 12.0 Å². The van der Waals surface area contributed by atoms with Gasteiger partial charge in [-0.3, -0.25) is 4.79 Å². The molecule has 1 aromatic heterocycles. The number of amides is 1. The van der Waals surface area contributed by atoms with Gasteiger partial charge in [-0.1, -0.05) is 71.4 Å². The number of aromatic nitrogens is 3. The van der Waals surface area contributed by atoms with E-state index in [9.17, 15) is 14.7 Å². The summed E-state index contributed by atoms with van der Waals surface area (Å²) >= 11 is 7.76. The summed E-state index contributed by atoms with van der Waals surface area (Å²) < 4.78 is 1.68. The van der Waals surface area contributed by atoms with E-state index in [2.05, 4.69) is 15.6 Å². The highest BCUT2D eigenvalue weighted by Crippen LogP contribution is 2.37. The molecule has 0 saturated heterocycles. The number of carboxylic acids is 1. The summed E-state index contributed by atoms with van der Waals surface area (Å²) in [6, 6.07) is 19.3. The summed E-state index contributed by atoms with van der Waals surface area (Å²) in [5.74, 6) is -0.241. The van der Waals surface area contributed by atoms with Gasteiger partial charge in [0.2, 0.25) is 11.1 Å². The second-order valence-corrected chi connectivity index (χ2v) is 10.7. The van der Waals surface area contributed by atoms with Gasteiger partial charge in [0.15, 0.2) is 0 Å². The average Bonchev–Trinajstić information content (AvgIpc) is 3.31. The van der Waals surface area contributed by atoms with Gasteiger partial charge in [0.05, 0.1) is 11.1 Å². The number of hydrogen-bond donors (Lipinski definition) is 3. The van der Waals surface area contributed by atoms with Crippen molar-refractivity contribution in [2.24, 2.45) is 0 Å². The molecule has 3 aromatic carbocycles. The zero-order valence-corrected chi connectivity index (χ0v) is 23.1. The van der Waals surface area contributed by atoms with Crippen molar-refractivity contribution in [3.8, 4) is 0 Å². The minimum Gasteiger partial charge on any atom is -0.478 e. The van der Waals surface area contributed by atoms with Crippen molar-refractivity contribution < 1.29 is 14.7 Å². The molecule has 0 spiro atoms. The molecule has 0 bridgehead atoms. The number of thioether (sulfide) groups is 1. The number of carboxylic acid groups (broad SMARTS) is 1. The molecular formula is C29H26ClN5O3S. The molecule has 2 heterocycles. The van der Waals surface area contributed by atoms with E-state index in [1.54, 1.807) is 16.8 Å². The first-order chi connectivity index (χ1) is 18.7. The molecule has 10 heteroatoms. The predicted octanol–water partition coefficient (Wildman–Crippen LogP) is 6.47. The molecule has 1 amide bonds. The molecule has 0 saturated carbocycles. The highest BCUT2D eigenvalue weighted by molar-refractivity contribution is 7.98. The van der Waals surface area contributed by atoms with E-state index in [1.165, 1.54) is 23.9 Å². The molecule has 0 aliphatic carbocycles. The Morgan fingerprint density at radius 3 is 2.51 bits per heavy atom. The van der Waals surface area contributed by atoms with Gasteiger partial charge in [-0.2, -0.15) is 4.98 Å². The standard InChI is InChI=1S/C29H26ClN5O3S/c1-16-8-13-23(17(2)14-16)32-26(36)24-18(3)31-28-33-29(39-15-21-6-4-5-7-22(21)30)34-35(28)25(24)19-9-11-20(12-10-19)27(37)38/h4-14,25H,15H2,1-3H3,(H,32,36)(H,37,38)(H,31,33,34). The van der Waals surface area contributed by atoms with Crippen LogP contribution in [0.4, 0.5) is 11.6 Å². The van der Waals surface area contributed by atoms with Crippen LogP contribution in [0.5, 0.6) is 0 Å². The first kappa shape index (κ1) is 26.5. The van der Waals surface area contributed by atoms with Gasteiger partial charge in [0.25, 0.3) is 5.91 Å². The monoisotopic (exact) mass is 559 g/mol. The first-order valence-corrected chi connectivity index (χ1v) is 13.6. The number of carbonyl (C=O) groups excluding carboxylic acids is 1. The maximum absolute atomic E-state index is 13.8. The number of benzene rings is 3. The quantitative estimate of drug-likeness (QED) is 0.223. The molecule has 1 aliphatic rings. The van der Waals surface area contributed by atoms with Gasteiger partial charge in [0, 0.05) is 22.2 Å². The molecule has 1 atom stereocenters. The Balaban J connectivity index is 1.51. The van der Waals surface area contributed by atoms with Crippen molar-refractivity contribution in [1.82, 2.24) is 14.8 Å². The van der Waals surface area contributed by atoms with E-state index in [0.717, 1.165) is 16.7 Å². The predicted molar refractivity (Wildman–Crippen MR) is 153 cm³/mol. The van der Waals surface area contributed by atoms with Crippen LogP contribution in [0.25, 0.3) is 0 Å². The van der Waals surface area contributed by atoms with E-state index in [-0.39, 0.29) is 11.5 Å². The normalized spacial score (nSPS) is 14.5. The Labute approximate surface area is 235 Å². The Hall–Kier alpha value is -4.08. The van der Waals surface area contributed by atoms with E-state index in [0.29, 0.717) is 44.4 Å². The number of allylic oxidation sites excluding steroid dienone is 1. The van der Waals surface area contributed by atoms with E-state index >= 15 is 0 Å². The largest absolute Gasteiger partial charge is 0.478 e.